The highest BCUT2D eigenvalue weighted by molar-refractivity contribution is 7.14. The number of aromatic nitrogens is 1. The molecule has 2 aromatic carbocycles. The molecule has 3 aromatic rings. The zero-order chi connectivity index (χ0) is 22.1. The molecule has 0 bridgehead atoms. The second kappa shape index (κ2) is 11.0. The van der Waals surface area contributed by atoms with E-state index in [0.29, 0.717) is 17.5 Å². The first kappa shape index (κ1) is 22.1. The number of hydrogen-bond donors (Lipinski definition) is 1. The van der Waals surface area contributed by atoms with Crippen molar-refractivity contribution in [1.82, 2.24) is 4.98 Å². The van der Waals surface area contributed by atoms with Gasteiger partial charge in [-0.05, 0) is 54.5 Å². The third-order valence-corrected chi connectivity index (χ3v) is 5.19. The Morgan fingerprint density at radius 3 is 2.52 bits per heavy atom. The van der Waals surface area contributed by atoms with Gasteiger partial charge in [0.2, 0.25) is 0 Å². The van der Waals surface area contributed by atoms with Crippen LogP contribution >= 0.6 is 11.3 Å². The number of thiazole rings is 1. The van der Waals surface area contributed by atoms with E-state index >= 15 is 0 Å². The quantitative estimate of drug-likeness (QED) is 0.272. The molecule has 0 saturated heterocycles. The van der Waals surface area contributed by atoms with Crippen molar-refractivity contribution in [3.63, 3.8) is 0 Å². The van der Waals surface area contributed by atoms with E-state index in [1.54, 1.807) is 31.4 Å². The van der Waals surface area contributed by atoms with Crippen LogP contribution in [0, 0.1) is 11.3 Å². The second-order valence-corrected chi connectivity index (χ2v) is 7.52. The largest absolute Gasteiger partial charge is 0.497 e. The maximum atomic E-state index is 12.5. The van der Waals surface area contributed by atoms with Crippen LogP contribution in [-0.4, -0.2) is 24.6 Å². The van der Waals surface area contributed by atoms with Crippen molar-refractivity contribution >= 4 is 28.5 Å². The minimum atomic E-state index is -0.501. The fraction of sp³-hybridized carbons (Fsp3) is 0.208. The molecule has 0 saturated carbocycles. The first-order chi connectivity index (χ1) is 15.1. The number of methoxy groups -OCH3 is 1. The molecule has 3 rings (SSSR count). The van der Waals surface area contributed by atoms with Gasteiger partial charge in [-0.1, -0.05) is 25.5 Å². The van der Waals surface area contributed by atoms with E-state index in [2.05, 4.69) is 17.2 Å². The zero-order valence-corrected chi connectivity index (χ0v) is 18.2. The number of carbonyl (C=O) groups is 1. The Morgan fingerprint density at radius 1 is 1.16 bits per heavy atom. The molecule has 1 N–H and O–H groups in total. The fourth-order valence-corrected chi connectivity index (χ4v) is 3.41. The second-order valence-electron chi connectivity index (χ2n) is 6.66. The maximum Gasteiger partial charge on any atom is 0.268 e. The van der Waals surface area contributed by atoms with Crippen LogP contribution in [0.15, 0.2) is 59.5 Å². The molecular weight excluding hydrogens is 410 g/mol. The molecule has 31 heavy (non-hydrogen) atoms. The number of nitrogens with one attached hydrogen (secondary N) is 1. The highest BCUT2D eigenvalue weighted by atomic mass is 32.1. The number of rotatable bonds is 9. The number of ether oxygens (including phenoxy) is 2. The average Bonchev–Trinajstić information content (AvgIpc) is 3.27. The molecule has 158 valence electrons. The van der Waals surface area contributed by atoms with Gasteiger partial charge in [0.1, 0.15) is 23.1 Å². The van der Waals surface area contributed by atoms with Gasteiger partial charge in [0.05, 0.1) is 19.4 Å². The lowest BCUT2D eigenvalue weighted by molar-refractivity contribution is -0.112. The summed E-state index contributed by atoms with van der Waals surface area (Å²) in [7, 11) is 1.58. The zero-order valence-electron chi connectivity index (χ0n) is 17.4. The predicted octanol–water partition coefficient (Wildman–Crippen LogP) is 5.54. The number of anilines is 1. The number of nitrogens with zero attached hydrogens (tertiary/aromatic N) is 2. The predicted molar refractivity (Wildman–Crippen MR) is 123 cm³/mol. The summed E-state index contributed by atoms with van der Waals surface area (Å²) in [5.41, 5.74) is 2.40. The minimum absolute atomic E-state index is 0.00417. The van der Waals surface area contributed by atoms with E-state index in [4.69, 9.17) is 9.47 Å². The molecule has 0 atom stereocenters. The molecule has 7 heteroatoms. The molecule has 0 aliphatic heterocycles. The number of benzene rings is 2. The van der Waals surface area contributed by atoms with Crippen molar-refractivity contribution in [3.8, 4) is 28.8 Å². The first-order valence-corrected chi connectivity index (χ1v) is 10.8. The topological polar surface area (TPSA) is 84.2 Å². The summed E-state index contributed by atoms with van der Waals surface area (Å²) in [6, 6.07) is 16.7. The average molecular weight is 434 g/mol. The molecular formula is C24H23N3O3S. The van der Waals surface area contributed by atoms with E-state index in [-0.39, 0.29) is 5.57 Å². The van der Waals surface area contributed by atoms with Crippen LogP contribution in [0.3, 0.4) is 0 Å². The van der Waals surface area contributed by atoms with Crippen molar-refractivity contribution in [3.05, 3.63) is 65.0 Å². The Bertz CT molecular complexity index is 1080. The molecule has 0 radical (unpaired) electrons. The fourth-order valence-electron chi connectivity index (χ4n) is 2.70. The van der Waals surface area contributed by atoms with E-state index in [9.17, 15) is 10.1 Å². The van der Waals surface area contributed by atoms with Gasteiger partial charge in [0.15, 0.2) is 5.13 Å². The summed E-state index contributed by atoms with van der Waals surface area (Å²) in [5.74, 6) is 1.03. The number of nitriles is 1. The molecule has 0 aliphatic carbocycles. The highest BCUT2D eigenvalue weighted by Crippen LogP contribution is 2.27. The van der Waals surface area contributed by atoms with Crippen molar-refractivity contribution in [2.75, 3.05) is 19.0 Å². The summed E-state index contributed by atoms with van der Waals surface area (Å²) >= 11 is 1.31. The highest BCUT2D eigenvalue weighted by Gasteiger charge is 2.13. The molecule has 1 heterocycles. The van der Waals surface area contributed by atoms with Crippen LogP contribution in [0.1, 0.15) is 25.3 Å². The van der Waals surface area contributed by atoms with Gasteiger partial charge in [-0.25, -0.2) is 4.98 Å². The summed E-state index contributed by atoms with van der Waals surface area (Å²) in [6.45, 7) is 2.83. The van der Waals surface area contributed by atoms with E-state index < -0.39 is 5.91 Å². The van der Waals surface area contributed by atoms with Crippen molar-refractivity contribution in [2.45, 2.75) is 19.8 Å². The Balaban J connectivity index is 1.65. The monoisotopic (exact) mass is 433 g/mol. The number of unbranched alkanes of at least 4 members (excludes halogenated alkanes) is 1. The molecule has 6 nitrogen and oxygen atoms in total. The van der Waals surface area contributed by atoms with E-state index in [1.807, 2.05) is 35.7 Å². The van der Waals surface area contributed by atoms with Crippen molar-refractivity contribution < 1.29 is 14.3 Å². The normalized spacial score (nSPS) is 10.9. The molecule has 1 aromatic heterocycles. The molecule has 0 spiro atoms. The number of amides is 1. The van der Waals surface area contributed by atoms with E-state index in [1.165, 1.54) is 17.4 Å². The molecule has 1 amide bonds. The van der Waals surface area contributed by atoms with Gasteiger partial charge < -0.3 is 9.47 Å². The van der Waals surface area contributed by atoms with Crippen LogP contribution in [0.4, 0.5) is 5.13 Å². The summed E-state index contributed by atoms with van der Waals surface area (Å²) in [4.78, 5) is 17.0. The van der Waals surface area contributed by atoms with Crippen LogP contribution in [0.2, 0.25) is 0 Å². The van der Waals surface area contributed by atoms with Gasteiger partial charge in [-0.3, -0.25) is 10.1 Å². The Labute approximate surface area is 185 Å². The Hall–Kier alpha value is -3.63. The van der Waals surface area contributed by atoms with Gasteiger partial charge in [-0.15, -0.1) is 11.3 Å². The minimum Gasteiger partial charge on any atom is -0.497 e. The Morgan fingerprint density at radius 2 is 1.87 bits per heavy atom. The van der Waals surface area contributed by atoms with Crippen molar-refractivity contribution in [1.29, 1.82) is 5.26 Å². The van der Waals surface area contributed by atoms with Crippen LogP contribution in [0.25, 0.3) is 17.3 Å². The third-order valence-electron chi connectivity index (χ3n) is 4.43. The lowest BCUT2D eigenvalue weighted by Gasteiger charge is -2.05. The summed E-state index contributed by atoms with van der Waals surface area (Å²) < 4.78 is 10.8. The van der Waals surface area contributed by atoms with Gasteiger partial charge in [0.25, 0.3) is 5.91 Å². The van der Waals surface area contributed by atoms with E-state index in [0.717, 1.165) is 35.4 Å². The number of hydrogen-bond acceptors (Lipinski definition) is 6. The SMILES string of the molecule is CCCCOc1ccc(-c2csc(NC(=O)/C(C#N)=C/c3ccc(OC)cc3)n2)cc1. The molecule has 0 fully saturated rings. The van der Waals surface area contributed by atoms with Crippen molar-refractivity contribution in [2.24, 2.45) is 0 Å². The molecule has 0 aliphatic rings. The van der Waals surface area contributed by atoms with Crippen LogP contribution < -0.4 is 14.8 Å². The lowest BCUT2D eigenvalue weighted by Crippen LogP contribution is -2.13. The summed E-state index contributed by atoms with van der Waals surface area (Å²) in [5, 5.41) is 14.4. The molecule has 0 unspecified atom stereocenters. The third kappa shape index (κ3) is 6.17. The van der Waals surface area contributed by atoms with Crippen LogP contribution in [0.5, 0.6) is 11.5 Å². The summed E-state index contributed by atoms with van der Waals surface area (Å²) in [6.07, 6.45) is 3.64. The smallest absolute Gasteiger partial charge is 0.268 e. The van der Waals surface area contributed by atoms with Gasteiger partial charge in [-0.2, -0.15) is 5.26 Å². The maximum absolute atomic E-state index is 12.5. The number of carbonyl (C=O) groups excluding carboxylic acids is 1. The van der Waals surface area contributed by atoms with Crippen LogP contribution in [-0.2, 0) is 4.79 Å². The Kier molecular flexibility index (Phi) is 7.79. The van der Waals surface area contributed by atoms with Gasteiger partial charge in [0, 0.05) is 10.9 Å². The lowest BCUT2D eigenvalue weighted by atomic mass is 10.1. The van der Waals surface area contributed by atoms with Gasteiger partial charge >= 0.3 is 0 Å². The standard InChI is InChI=1S/C24H23N3O3S/c1-3-4-13-30-21-11-7-18(8-12-21)22-16-31-24(26-22)27-23(28)19(15-25)14-17-5-9-20(29-2)10-6-17/h5-12,14,16H,3-4,13H2,1-2H3,(H,26,27,28)/b19-14+. The first-order valence-electron chi connectivity index (χ1n) is 9.89.